The first kappa shape index (κ1) is 20.9. The van der Waals surface area contributed by atoms with Crippen molar-refractivity contribution in [2.24, 2.45) is 0 Å². The molecule has 4 N–H and O–H groups in total. The van der Waals surface area contributed by atoms with Gasteiger partial charge in [0.15, 0.2) is 16.6 Å². The van der Waals surface area contributed by atoms with Gasteiger partial charge in [-0.1, -0.05) is 24.3 Å². The maximum Gasteiger partial charge on any atom is 0.224 e. The Morgan fingerprint density at radius 3 is 2.66 bits per heavy atom. The molecule has 0 aromatic heterocycles. The number of hydrogen-bond acceptors (Lipinski definition) is 6. The van der Waals surface area contributed by atoms with Crippen LogP contribution in [-0.4, -0.2) is 42.4 Å². The van der Waals surface area contributed by atoms with Crippen molar-refractivity contribution < 1.29 is 24.4 Å². The molecular formula is C21H24N2O5S. The molecule has 0 aliphatic carbocycles. The van der Waals surface area contributed by atoms with Crippen molar-refractivity contribution in [2.75, 3.05) is 20.8 Å². The molecule has 1 aliphatic heterocycles. The smallest absolute Gasteiger partial charge is 0.224 e. The predicted octanol–water partition coefficient (Wildman–Crippen LogP) is 2.04. The van der Waals surface area contributed by atoms with E-state index in [0.717, 1.165) is 12.0 Å². The van der Waals surface area contributed by atoms with Gasteiger partial charge in [0.05, 0.1) is 14.2 Å². The van der Waals surface area contributed by atoms with E-state index in [4.69, 9.17) is 26.4 Å². The zero-order valence-corrected chi connectivity index (χ0v) is 17.0. The second-order valence-corrected chi connectivity index (χ2v) is 6.80. The summed E-state index contributed by atoms with van der Waals surface area (Å²) in [6, 6.07) is 12.8. The van der Waals surface area contributed by atoms with Crippen LogP contribution in [0, 0.1) is 0 Å². The quantitative estimate of drug-likeness (QED) is 0.532. The molecule has 0 radical (unpaired) electrons. The molecule has 0 bridgehead atoms. The Labute approximate surface area is 174 Å². The minimum Gasteiger partial charge on any atom is -0.493 e. The number of aliphatic hydroxyl groups is 2. The van der Waals surface area contributed by atoms with Crippen LogP contribution in [0.25, 0.3) is 0 Å². The fourth-order valence-electron chi connectivity index (χ4n) is 3.02. The van der Waals surface area contributed by atoms with E-state index < -0.39 is 12.4 Å². The molecule has 2 unspecified atom stereocenters. The van der Waals surface area contributed by atoms with Crippen LogP contribution in [0.5, 0.6) is 17.2 Å². The summed E-state index contributed by atoms with van der Waals surface area (Å²) in [5, 5.41) is 27.0. The highest BCUT2D eigenvalue weighted by Crippen LogP contribution is 2.36. The first-order valence-corrected chi connectivity index (χ1v) is 9.51. The van der Waals surface area contributed by atoms with Gasteiger partial charge in [0.1, 0.15) is 11.9 Å². The first-order valence-electron chi connectivity index (χ1n) is 9.10. The van der Waals surface area contributed by atoms with Crippen LogP contribution in [-0.2, 0) is 6.42 Å². The van der Waals surface area contributed by atoms with Gasteiger partial charge in [-0.15, -0.1) is 0 Å². The van der Waals surface area contributed by atoms with E-state index >= 15 is 0 Å². The van der Waals surface area contributed by atoms with Crippen LogP contribution in [0.15, 0.2) is 54.2 Å². The minimum absolute atomic E-state index is 0.285. The van der Waals surface area contributed by atoms with Crippen LogP contribution in [0.2, 0.25) is 0 Å². The van der Waals surface area contributed by atoms with Crippen molar-refractivity contribution >= 4 is 17.3 Å². The molecule has 1 aliphatic rings. The lowest BCUT2D eigenvalue weighted by molar-refractivity contribution is -0.0194. The third-order valence-electron chi connectivity index (χ3n) is 4.57. The molecule has 0 saturated carbocycles. The lowest BCUT2D eigenvalue weighted by Crippen LogP contribution is -2.36. The monoisotopic (exact) mass is 416 g/mol. The van der Waals surface area contributed by atoms with Gasteiger partial charge in [-0.05, 0) is 42.4 Å². The number of para-hydroxylation sites is 1. The molecule has 0 spiro atoms. The summed E-state index contributed by atoms with van der Waals surface area (Å²) in [6.45, 7) is 0.592. The Morgan fingerprint density at radius 2 is 1.90 bits per heavy atom. The molecular weight excluding hydrogens is 392 g/mol. The van der Waals surface area contributed by atoms with Crippen LogP contribution >= 0.6 is 12.2 Å². The number of nitrogens with one attached hydrogen (secondary N) is 2. The summed E-state index contributed by atoms with van der Waals surface area (Å²) in [7, 11) is 3.20. The first-order chi connectivity index (χ1) is 14.0. The molecule has 3 rings (SSSR count). The van der Waals surface area contributed by atoms with Gasteiger partial charge >= 0.3 is 0 Å². The average molecular weight is 416 g/mol. The van der Waals surface area contributed by atoms with E-state index in [1.54, 1.807) is 38.5 Å². The Bertz CT molecular complexity index is 902. The van der Waals surface area contributed by atoms with Crippen LogP contribution in [0.3, 0.4) is 0 Å². The predicted molar refractivity (Wildman–Crippen MR) is 113 cm³/mol. The van der Waals surface area contributed by atoms with Crippen molar-refractivity contribution in [3.8, 4) is 17.2 Å². The summed E-state index contributed by atoms with van der Waals surface area (Å²) in [5.41, 5.74) is 1.95. The molecule has 0 amide bonds. The largest absolute Gasteiger partial charge is 0.493 e. The summed E-state index contributed by atoms with van der Waals surface area (Å²) < 4.78 is 16.0. The number of benzene rings is 2. The molecule has 154 valence electrons. The fourth-order valence-corrected chi connectivity index (χ4v) is 3.18. The van der Waals surface area contributed by atoms with Crippen molar-refractivity contribution in [1.82, 2.24) is 10.6 Å². The van der Waals surface area contributed by atoms with Gasteiger partial charge in [0.2, 0.25) is 6.29 Å². The van der Waals surface area contributed by atoms with Gasteiger partial charge in [-0.2, -0.15) is 0 Å². The zero-order chi connectivity index (χ0) is 20.8. The molecule has 1 heterocycles. The summed E-state index contributed by atoms with van der Waals surface area (Å²) in [4.78, 5) is 0. The number of fused-ring (bicyclic) bond motifs is 1. The van der Waals surface area contributed by atoms with Gasteiger partial charge in [-0.25, -0.2) is 0 Å². The summed E-state index contributed by atoms with van der Waals surface area (Å²) in [6.07, 6.45) is -0.0312. The number of ether oxygens (including phenoxy) is 3. The second-order valence-electron chi connectivity index (χ2n) is 6.39. The molecule has 2 aromatic rings. The molecule has 2 aromatic carbocycles. The number of rotatable bonds is 6. The van der Waals surface area contributed by atoms with Crippen molar-refractivity contribution in [2.45, 2.75) is 18.8 Å². The Balaban J connectivity index is 1.54. The standard InChI is InChI=1S/C21H24N2O5S/c1-26-17-8-7-13(11-18(17)27-2)9-10-22-21(29)23-12-15-19(24)14-5-3-4-6-16(14)28-20(15)25/h3-8,11-12,19-20,24-25H,9-10H2,1-2H3,(H2,22,23,29)/b15-12+. The topological polar surface area (TPSA) is 92.2 Å². The lowest BCUT2D eigenvalue weighted by Gasteiger charge is -2.29. The Hall–Kier alpha value is -2.81. The van der Waals surface area contributed by atoms with Crippen LogP contribution in [0.4, 0.5) is 0 Å². The van der Waals surface area contributed by atoms with Crippen molar-refractivity contribution in [3.05, 3.63) is 65.4 Å². The third-order valence-corrected chi connectivity index (χ3v) is 4.83. The van der Waals surface area contributed by atoms with E-state index in [1.165, 1.54) is 6.20 Å². The number of thiocarbonyl (C=S) groups is 1. The minimum atomic E-state index is -1.25. The normalized spacial score (nSPS) is 19.1. The Kier molecular flexibility index (Phi) is 6.92. The molecule has 0 saturated heterocycles. The highest BCUT2D eigenvalue weighted by atomic mass is 32.1. The van der Waals surface area contributed by atoms with Gasteiger partial charge < -0.3 is 35.1 Å². The lowest BCUT2D eigenvalue weighted by atomic mass is 9.98. The maximum absolute atomic E-state index is 10.5. The highest BCUT2D eigenvalue weighted by molar-refractivity contribution is 7.80. The van der Waals surface area contributed by atoms with E-state index in [-0.39, 0.29) is 5.57 Å². The van der Waals surface area contributed by atoms with Crippen molar-refractivity contribution in [3.63, 3.8) is 0 Å². The van der Waals surface area contributed by atoms with E-state index in [0.29, 0.717) is 34.5 Å². The highest BCUT2D eigenvalue weighted by Gasteiger charge is 2.30. The molecule has 2 atom stereocenters. The van der Waals surface area contributed by atoms with Crippen molar-refractivity contribution in [1.29, 1.82) is 0 Å². The van der Waals surface area contributed by atoms with Gasteiger partial charge in [0.25, 0.3) is 0 Å². The molecule has 8 heteroatoms. The summed E-state index contributed by atoms with van der Waals surface area (Å²) >= 11 is 5.27. The zero-order valence-electron chi connectivity index (χ0n) is 16.2. The molecule has 7 nitrogen and oxygen atoms in total. The second kappa shape index (κ2) is 9.60. The number of hydrogen-bond donors (Lipinski definition) is 4. The average Bonchev–Trinajstić information content (AvgIpc) is 2.73. The van der Waals surface area contributed by atoms with E-state index in [9.17, 15) is 10.2 Å². The third kappa shape index (κ3) is 4.97. The number of aliphatic hydroxyl groups excluding tert-OH is 2. The van der Waals surface area contributed by atoms with Gasteiger partial charge in [-0.3, -0.25) is 0 Å². The summed E-state index contributed by atoms with van der Waals surface area (Å²) in [5.74, 6) is 1.82. The van der Waals surface area contributed by atoms with Gasteiger partial charge in [0, 0.05) is 23.9 Å². The van der Waals surface area contributed by atoms with E-state index in [1.807, 2.05) is 18.2 Å². The van der Waals surface area contributed by atoms with E-state index in [2.05, 4.69) is 10.6 Å². The number of methoxy groups -OCH3 is 2. The molecule has 29 heavy (non-hydrogen) atoms. The van der Waals surface area contributed by atoms with Crippen LogP contribution < -0.4 is 24.8 Å². The molecule has 0 fully saturated rings. The van der Waals surface area contributed by atoms with Crippen LogP contribution in [0.1, 0.15) is 17.2 Å². The fraction of sp³-hybridized carbons (Fsp3) is 0.286. The Morgan fingerprint density at radius 1 is 1.14 bits per heavy atom. The maximum atomic E-state index is 10.5. The SMILES string of the molecule is COc1ccc(CCNC(=S)N/C=C2/C(O)Oc3ccccc3C2O)cc1OC.